The molecule has 2 aliphatic heterocycles. The third-order valence-corrected chi connectivity index (χ3v) is 7.15. The van der Waals surface area contributed by atoms with Crippen molar-refractivity contribution in [2.75, 3.05) is 25.2 Å². The Morgan fingerprint density at radius 3 is 2.70 bits per heavy atom. The van der Waals surface area contributed by atoms with E-state index in [2.05, 4.69) is 5.32 Å². The summed E-state index contributed by atoms with van der Waals surface area (Å²) in [6.07, 6.45) is 5.97. The summed E-state index contributed by atoms with van der Waals surface area (Å²) >= 11 is 2.02. The zero-order valence-electron chi connectivity index (χ0n) is 13.5. The minimum Gasteiger partial charge on any atom is -0.362 e. The lowest BCUT2D eigenvalue weighted by Gasteiger charge is -2.31. The predicted octanol–water partition coefficient (Wildman–Crippen LogP) is 2.80. The summed E-state index contributed by atoms with van der Waals surface area (Å²) in [7, 11) is -3.12. The Labute approximate surface area is 143 Å². The van der Waals surface area contributed by atoms with E-state index in [4.69, 9.17) is 4.74 Å². The lowest BCUT2D eigenvalue weighted by molar-refractivity contribution is 0.00774. The molecule has 0 aromatic heterocycles. The van der Waals surface area contributed by atoms with E-state index in [0.717, 1.165) is 26.0 Å². The number of hydrogen-bond acceptors (Lipinski definition) is 5. The minimum absolute atomic E-state index is 0.115. The maximum absolute atomic E-state index is 11.6. The van der Waals surface area contributed by atoms with Crippen LogP contribution in [0.25, 0.3) is 0 Å². The molecule has 0 radical (unpaired) electrons. The van der Waals surface area contributed by atoms with Crippen LogP contribution in [0.3, 0.4) is 0 Å². The highest BCUT2D eigenvalue weighted by Gasteiger charge is 2.25. The van der Waals surface area contributed by atoms with Gasteiger partial charge < -0.3 is 4.74 Å². The van der Waals surface area contributed by atoms with E-state index in [9.17, 15) is 8.42 Å². The van der Waals surface area contributed by atoms with Crippen molar-refractivity contribution in [3.8, 4) is 0 Å². The highest BCUT2D eigenvalue weighted by molar-refractivity contribution is 8.00. The van der Waals surface area contributed by atoms with Gasteiger partial charge in [0.15, 0.2) is 9.84 Å². The van der Waals surface area contributed by atoms with Gasteiger partial charge in [-0.05, 0) is 61.6 Å². The topological polar surface area (TPSA) is 55.4 Å². The third-order valence-electron chi connectivity index (χ3n) is 4.65. The van der Waals surface area contributed by atoms with Crippen LogP contribution in [0, 0.1) is 0 Å². The Morgan fingerprint density at radius 2 is 2.04 bits per heavy atom. The maximum atomic E-state index is 11.6. The molecule has 0 saturated carbocycles. The van der Waals surface area contributed by atoms with Gasteiger partial charge in [0.2, 0.25) is 0 Å². The number of benzene rings is 1. The van der Waals surface area contributed by atoms with Crippen LogP contribution < -0.4 is 5.32 Å². The standard InChI is InChI=1S/C17H25NO3S2/c1-23(19,20)16-6-4-13(5-7-16)14-8-9-18-17(11-14)21-12-15-3-2-10-22-15/h4-7,14-15,17-18H,2-3,8-12H2,1H3. The SMILES string of the molecule is CS(=O)(=O)c1ccc(C2CCNC(OCC3CCCS3)C2)cc1. The number of rotatable bonds is 5. The first kappa shape index (κ1) is 17.3. The predicted molar refractivity (Wildman–Crippen MR) is 94.7 cm³/mol. The van der Waals surface area contributed by atoms with Gasteiger partial charge in [0, 0.05) is 11.5 Å². The zero-order chi connectivity index (χ0) is 16.3. The molecule has 2 fully saturated rings. The van der Waals surface area contributed by atoms with Crippen LogP contribution in [0.15, 0.2) is 29.2 Å². The molecule has 0 spiro atoms. The van der Waals surface area contributed by atoms with Crippen molar-refractivity contribution in [3.63, 3.8) is 0 Å². The van der Waals surface area contributed by atoms with Crippen molar-refractivity contribution in [3.05, 3.63) is 29.8 Å². The third kappa shape index (κ3) is 4.72. The maximum Gasteiger partial charge on any atom is 0.175 e. The molecule has 1 aromatic carbocycles. The average Bonchev–Trinajstić information content (AvgIpc) is 3.06. The molecule has 2 saturated heterocycles. The van der Waals surface area contributed by atoms with E-state index in [0.29, 0.717) is 16.1 Å². The second-order valence-electron chi connectivity index (χ2n) is 6.47. The average molecular weight is 356 g/mol. The first-order valence-corrected chi connectivity index (χ1v) is 11.2. The van der Waals surface area contributed by atoms with E-state index in [1.807, 2.05) is 23.9 Å². The molecule has 6 heteroatoms. The molecule has 4 nitrogen and oxygen atoms in total. The quantitative estimate of drug-likeness (QED) is 0.880. The molecule has 23 heavy (non-hydrogen) atoms. The van der Waals surface area contributed by atoms with Gasteiger partial charge in [0.25, 0.3) is 0 Å². The second kappa shape index (κ2) is 7.55. The van der Waals surface area contributed by atoms with Crippen LogP contribution in [0.2, 0.25) is 0 Å². The van der Waals surface area contributed by atoms with Crippen LogP contribution in [0.1, 0.15) is 37.2 Å². The lowest BCUT2D eigenvalue weighted by Crippen LogP contribution is -2.40. The van der Waals surface area contributed by atoms with Gasteiger partial charge in [-0.1, -0.05) is 12.1 Å². The van der Waals surface area contributed by atoms with E-state index < -0.39 is 9.84 Å². The van der Waals surface area contributed by atoms with Crippen LogP contribution >= 0.6 is 11.8 Å². The summed E-state index contributed by atoms with van der Waals surface area (Å²) < 4.78 is 29.2. The van der Waals surface area contributed by atoms with Gasteiger partial charge in [-0.2, -0.15) is 11.8 Å². The molecule has 3 rings (SSSR count). The molecule has 3 unspecified atom stereocenters. The smallest absolute Gasteiger partial charge is 0.175 e. The zero-order valence-corrected chi connectivity index (χ0v) is 15.2. The molecule has 128 valence electrons. The summed E-state index contributed by atoms with van der Waals surface area (Å²) in [4.78, 5) is 0.390. The number of thioether (sulfide) groups is 1. The molecule has 2 aliphatic rings. The van der Waals surface area contributed by atoms with Crippen molar-refractivity contribution in [2.45, 2.75) is 48.0 Å². The Morgan fingerprint density at radius 1 is 1.26 bits per heavy atom. The molecule has 0 amide bonds. The normalized spacial score (nSPS) is 28.8. The molecule has 1 N–H and O–H groups in total. The summed E-state index contributed by atoms with van der Waals surface area (Å²) in [6, 6.07) is 7.35. The fourth-order valence-corrected chi connectivity index (χ4v) is 5.10. The number of hydrogen-bond donors (Lipinski definition) is 1. The lowest BCUT2D eigenvalue weighted by atomic mass is 9.89. The van der Waals surface area contributed by atoms with E-state index in [1.54, 1.807) is 12.1 Å². The minimum atomic E-state index is -3.12. The summed E-state index contributed by atoms with van der Waals surface area (Å²) in [6.45, 7) is 1.78. The fraction of sp³-hybridized carbons (Fsp3) is 0.647. The number of piperidine rings is 1. The van der Waals surface area contributed by atoms with Gasteiger partial charge in [0.1, 0.15) is 6.23 Å². The van der Waals surface area contributed by atoms with Crippen molar-refractivity contribution in [2.24, 2.45) is 0 Å². The van der Waals surface area contributed by atoms with E-state index in [-0.39, 0.29) is 6.23 Å². The van der Waals surface area contributed by atoms with Crippen LogP contribution in [0.5, 0.6) is 0 Å². The Kier molecular flexibility index (Phi) is 5.67. The van der Waals surface area contributed by atoms with Gasteiger partial charge in [-0.3, -0.25) is 5.32 Å². The van der Waals surface area contributed by atoms with Crippen LogP contribution in [0.4, 0.5) is 0 Å². The van der Waals surface area contributed by atoms with Gasteiger partial charge >= 0.3 is 0 Å². The van der Waals surface area contributed by atoms with Crippen LogP contribution in [-0.2, 0) is 14.6 Å². The number of ether oxygens (including phenoxy) is 1. The van der Waals surface area contributed by atoms with Crippen molar-refractivity contribution in [1.82, 2.24) is 5.32 Å². The fourth-order valence-electron chi connectivity index (χ4n) is 3.29. The molecule has 2 heterocycles. The van der Waals surface area contributed by atoms with Crippen LogP contribution in [-0.4, -0.2) is 45.1 Å². The monoisotopic (exact) mass is 355 g/mol. The summed E-state index contributed by atoms with van der Waals surface area (Å²) in [5.41, 5.74) is 1.21. The van der Waals surface area contributed by atoms with Crippen molar-refractivity contribution >= 4 is 21.6 Å². The highest BCUT2D eigenvalue weighted by atomic mass is 32.2. The van der Waals surface area contributed by atoms with Crippen molar-refractivity contribution < 1.29 is 13.2 Å². The van der Waals surface area contributed by atoms with Gasteiger partial charge in [-0.15, -0.1) is 0 Å². The van der Waals surface area contributed by atoms with E-state index in [1.165, 1.54) is 30.4 Å². The number of nitrogens with one attached hydrogen (secondary N) is 1. The summed E-state index contributed by atoms with van der Waals surface area (Å²) in [5, 5.41) is 4.11. The molecule has 0 bridgehead atoms. The van der Waals surface area contributed by atoms with Gasteiger partial charge in [0.05, 0.1) is 11.5 Å². The highest BCUT2D eigenvalue weighted by Crippen LogP contribution is 2.30. The van der Waals surface area contributed by atoms with E-state index >= 15 is 0 Å². The molecular weight excluding hydrogens is 330 g/mol. The molecule has 3 atom stereocenters. The largest absolute Gasteiger partial charge is 0.362 e. The molecular formula is C17H25NO3S2. The first-order chi connectivity index (χ1) is 11.0. The van der Waals surface area contributed by atoms with Gasteiger partial charge in [-0.25, -0.2) is 8.42 Å². The molecule has 0 aliphatic carbocycles. The second-order valence-corrected chi connectivity index (χ2v) is 9.90. The Balaban J connectivity index is 1.57. The molecule has 1 aromatic rings. The van der Waals surface area contributed by atoms with Crippen molar-refractivity contribution in [1.29, 1.82) is 0 Å². The Bertz CT molecular complexity index is 609. The summed E-state index contributed by atoms with van der Waals surface area (Å²) in [5.74, 6) is 1.70. The Hall–Kier alpha value is -0.560. The number of sulfone groups is 1. The first-order valence-electron chi connectivity index (χ1n) is 8.29.